The fourth-order valence-corrected chi connectivity index (χ4v) is 5.23. The molecule has 0 saturated carbocycles. The number of rotatable bonds is 7. The topological polar surface area (TPSA) is 0 Å². The second-order valence-corrected chi connectivity index (χ2v) is 7.62. The normalized spacial score (nSPS) is 12.1. The zero-order valence-electron chi connectivity index (χ0n) is 8.43. The molecule has 0 N–H and O–H groups in total. The summed E-state index contributed by atoms with van der Waals surface area (Å²) in [6.45, 7) is 4.53. The van der Waals surface area contributed by atoms with Crippen LogP contribution in [0.5, 0.6) is 0 Å². The van der Waals surface area contributed by atoms with Gasteiger partial charge in [0.05, 0.1) is 0 Å². The van der Waals surface area contributed by atoms with Crippen LogP contribution in [0.4, 0.5) is 0 Å². The van der Waals surface area contributed by atoms with Crippen LogP contribution in [0.2, 0.25) is 4.47 Å². The summed E-state index contributed by atoms with van der Waals surface area (Å²) in [6, 6.07) is 0. The SMILES string of the molecule is CCC/C=C(/SC)[Te]CCCC. The molecule has 0 aromatic rings. The van der Waals surface area contributed by atoms with Gasteiger partial charge in [0.1, 0.15) is 0 Å². The van der Waals surface area contributed by atoms with E-state index in [-0.39, 0.29) is 20.9 Å². The van der Waals surface area contributed by atoms with Crippen molar-refractivity contribution < 1.29 is 0 Å². The molecule has 0 unspecified atom stereocenters. The molecule has 72 valence electrons. The molecule has 0 spiro atoms. The summed E-state index contributed by atoms with van der Waals surface area (Å²) in [7, 11) is 0. The molecule has 0 amide bonds. The molecule has 0 saturated heterocycles. The summed E-state index contributed by atoms with van der Waals surface area (Å²) >= 11 is 2.17. The summed E-state index contributed by atoms with van der Waals surface area (Å²) in [6.07, 6.45) is 10.1. The van der Waals surface area contributed by atoms with Crippen molar-refractivity contribution in [1.29, 1.82) is 0 Å². The van der Waals surface area contributed by atoms with Crippen molar-refractivity contribution in [3.63, 3.8) is 0 Å². The molecule has 0 aliphatic heterocycles. The number of unbranched alkanes of at least 4 members (excludes halogenated alkanes) is 2. The molecule has 0 aliphatic carbocycles. The van der Waals surface area contributed by atoms with Crippen LogP contribution in [0.25, 0.3) is 0 Å². The first kappa shape index (κ1) is 12.9. The third-order valence-electron chi connectivity index (χ3n) is 1.54. The molecular formula is C10H20STe. The third kappa shape index (κ3) is 7.52. The van der Waals surface area contributed by atoms with Gasteiger partial charge in [-0.25, -0.2) is 0 Å². The Morgan fingerprint density at radius 3 is 2.58 bits per heavy atom. The van der Waals surface area contributed by atoms with Crippen LogP contribution in [0.15, 0.2) is 9.03 Å². The van der Waals surface area contributed by atoms with E-state index in [0.29, 0.717) is 0 Å². The Hall–Kier alpha value is 0.880. The fourth-order valence-electron chi connectivity index (χ4n) is 0.780. The molecule has 0 fully saturated rings. The Labute approximate surface area is 91.7 Å². The molecule has 0 nitrogen and oxygen atoms in total. The number of hydrogen-bond acceptors (Lipinski definition) is 1. The average molecular weight is 300 g/mol. The van der Waals surface area contributed by atoms with Gasteiger partial charge in [0.15, 0.2) is 0 Å². The summed E-state index contributed by atoms with van der Waals surface area (Å²) in [5, 5.41) is 0. The first-order valence-electron chi connectivity index (χ1n) is 4.72. The quantitative estimate of drug-likeness (QED) is 0.507. The Kier molecular flexibility index (Phi) is 10.7. The van der Waals surface area contributed by atoms with Crippen LogP contribution in [0, 0.1) is 0 Å². The molecule has 0 aliphatic rings. The first-order valence-corrected chi connectivity index (χ1v) is 8.75. The molecule has 0 bridgehead atoms. The van der Waals surface area contributed by atoms with Gasteiger partial charge in [0.2, 0.25) is 0 Å². The van der Waals surface area contributed by atoms with E-state index in [2.05, 4.69) is 26.2 Å². The van der Waals surface area contributed by atoms with Crippen molar-refractivity contribution in [2.45, 2.75) is 44.0 Å². The van der Waals surface area contributed by atoms with E-state index in [9.17, 15) is 0 Å². The van der Waals surface area contributed by atoms with E-state index in [0.717, 1.165) is 0 Å². The summed E-state index contributed by atoms with van der Waals surface area (Å²) in [4.78, 5) is 0. The minimum atomic E-state index is 0.194. The van der Waals surface area contributed by atoms with E-state index in [4.69, 9.17) is 0 Å². The maximum absolute atomic E-state index is 2.46. The second kappa shape index (κ2) is 9.96. The Morgan fingerprint density at radius 1 is 1.33 bits per heavy atom. The van der Waals surface area contributed by atoms with E-state index in [1.165, 1.54) is 30.2 Å². The van der Waals surface area contributed by atoms with E-state index < -0.39 is 0 Å². The van der Waals surface area contributed by atoms with Gasteiger partial charge in [0, 0.05) is 0 Å². The number of allylic oxidation sites excluding steroid dienone is 1. The Balaban J connectivity index is 3.52. The average Bonchev–Trinajstić information content (AvgIpc) is 2.11. The van der Waals surface area contributed by atoms with Crippen molar-refractivity contribution >= 4 is 32.7 Å². The number of hydrogen-bond donors (Lipinski definition) is 0. The Bertz CT molecular complexity index is 121. The molecule has 0 aromatic carbocycles. The van der Waals surface area contributed by atoms with Crippen LogP contribution >= 0.6 is 11.8 Å². The van der Waals surface area contributed by atoms with Gasteiger partial charge < -0.3 is 0 Å². The number of thioether (sulfide) groups is 1. The molecule has 0 rings (SSSR count). The molecular weight excluding hydrogens is 280 g/mol. The second-order valence-electron chi connectivity index (χ2n) is 2.72. The summed E-state index contributed by atoms with van der Waals surface area (Å²) in [5.41, 5.74) is 0. The molecule has 0 aromatic heterocycles. The van der Waals surface area contributed by atoms with Gasteiger partial charge in [-0.2, -0.15) is 0 Å². The van der Waals surface area contributed by atoms with Gasteiger partial charge in [-0.1, -0.05) is 0 Å². The monoisotopic (exact) mass is 302 g/mol. The van der Waals surface area contributed by atoms with Crippen LogP contribution in [0.1, 0.15) is 39.5 Å². The standard InChI is InChI=1S/C10H20STe/c1-4-6-8-10(11-3)12-9-7-5-2/h8H,4-7,9H2,1-3H3/b10-8-. The van der Waals surface area contributed by atoms with Crippen molar-refractivity contribution in [2.75, 3.05) is 6.26 Å². The van der Waals surface area contributed by atoms with Crippen molar-refractivity contribution in [2.24, 2.45) is 0 Å². The Morgan fingerprint density at radius 2 is 2.08 bits per heavy atom. The van der Waals surface area contributed by atoms with Crippen LogP contribution in [0.3, 0.4) is 0 Å². The van der Waals surface area contributed by atoms with Crippen molar-refractivity contribution in [1.82, 2.24) is 0 Å². The predicted octanol–water partition coefficient (Wildman–Crippen LogP) is 3.91. The van der Waals surface area contributed by atoms with Gasteiger partial charge in [-0.3, -0.25) is 0 Å². The third-order valence-corrected chi connectivity index (χ3v) is 7.02. The van der Waals surface area contributed by atoms with Crippen LogP contribution in [-0.4, -0.2) is 27.2 Å². The fraction of sp³-hybridized carbons (Fsp3) is 0.800. The van der Waals surface area contributed by atoms with Crippen LogP contribution in [-0.2, 0) is 0 Å². The van der Waals surface area contributed by atoms with Gasteiger partial charge in [-0.05, 0) is 0 Å². The molecule has 0 radical (unpaired) electrons. The van der Waals surface area contributed by atoms with Gasteiger partial charge >= 0.3 is 92.0 Å². The molecule has 0 heterocycles. The van der Waals surface area contributed by atoms with Crippen molar-refractivity contribution in [3.8, 4) is 0 Å². The molecule has 12 heavy (non-hydrogen) atoms. The summed E-state index contributed by atoms with van der Waals surface area (Å²) < 4.78 is 3.22. The first-order chi connectivity index (χ1) is 5.85. The van der Waals surface area contributed by atoms with Crippen molar-refractivity contribution in [3.05, 3.63) is 9.03 Å². The summed E-state index contributed by atoms with van der Waals surface area (Å²) in [5.74, 6) is 0. The zero-order valence-corrected chi connectivity index (χ0v) is 11.6. The predicted molar refractivity (Wildman–Crippen MR) is 62.0 cm³/mol. The van der Waals surface area contributed by atoms with E-state index >= 15 is 0 Å². The molecule has 2 heteroatoms. The van der Waals surface area contributed by atoms with Crippen LogP contribution < -0.4 is 0 Å². The van der Waals surface area contributed by atoms with E-state index in [1.54, 1.807) is 2.95 Å². The van der Waals surface area contributed by atoms with E-state index in [1.807, 2.05) is 11.8 Å². The molecule has 0 atom stereocenters. The van der Waals surface area contributed by atoms with Gasteiger partial charge in [-0.15, -0.1) is 0 Å². The maximum atomic E-state index is 2.46. The zero-order chi connectivity index (χ0) is 9.23. The van der Waals surface area contributed by atoms with Gasteiger partial charge in [0.25, 0.3) is 0 Å². The minimum absolute atomic E-state index is 0.194.